The highest BCUT2D eigenvalue weighted by atomic mass is 16.5. The smallest absolute Gasteiger partial charge is 0.335 e. The highest BCUT2D eigenvalue weighted by Crippen LogP contribution is 2.05. The molecule has 0 fully saturated rings. The van der Waals surface area contributed by atoms with Crippen LogP contribution in [0.3, 0.4) is 0 Å². The van der Waals surface area contributed by atoms with Gasteiger partial charge < -0.3 is 9.75 Å². The Hall–Kier alpha value is -1.29. The van der Waals surface area contributed by atoms with Crippen molar-refractivity contribution in [2.75, 3.05) is 13.2 Å². The average Bonchev–Trinajstić information content (AvgIpc) is 2.05. The van der Waals surface area contributed by atoms with Crippen molar-refractivity contribution < 1.29 is 9.53 Å². The zero-order chi connectivity index (χ0) is 8.97. The second-order valence-corrected chi connectivity index (χ2v) is 2.43. The summed E-state index contributed by atoms with van der Waals surface area (Å²) in [6, 6.07) is 0. The quantitative estimate of drug-likeness (QED) is 0.472. The van der Waals surface area contributed by atoms with Crippen molar-refractivity contribution in [2.24, 2.45) is 5.84 Å². The first-order valence-corrected chi connectivity index (χ1v) is 3.80. The van der Waals surface area contributed by atoms with Crippen LogP contribution in [0.25, 0.3) is 0 Å². The van der Waals surface area contributed by atoms with Gasteiger partial charge in [-0.3, -0.25) is 0 Å². The van der Waals surface area contributed by atoms with E-state index in [0.29, 0.717) is 18.7 Å². The molecule has 2 N–H and O–H groups in total. The number of ether oxygens (including phenoxy) is 1. The molecule has 0 atom stereocenters. The van der Waals surface area contributed by atoms with Crippen molar-refractivity contribution in [1.82, 2.24) is 5.01 Å². The fourth-order valence-corrected chi connectivity index (χ4v) is 0.928. The van der Waals surface area contributed by atoms with E-state index in [0.717, 1.165) is 0 Å². The summed E-state index contributed by atoms with van der Waals surface area (Å²) in [5, 5.41) is 1.44. The van der Waals surface area contributed by atoms with E-state index >= 15 is 0 Å². The molecule has 0 saturated carbocycles. The van der Waals surface area contributed by atoms with Gasteiger partial charge in [-0.25, -0.2) is 10.6 Å². The summed E-state index contributed by atoms with van der Waals surface area (Å²) >= 11 is 0. The van der Waals surface area contributed by atoms with Gasteiger partial charge in [0, 0.05) is 6.20 Å². The Kier molecular flexibility index (Phi) is 2.88. The van der Waals surface area contributed by atoms with Crippen LogP contribution in [0, 0.1) is 0 Å². The molecule has 0 aromatic heterocycles. The molecule has 66 valence electrons. The van der Waals surface area contributed by atoms with E-state index in [9.17, 15) is 4.79 Å². The van der Waals surface area contributed by atoms with Crippen LogP contribution < -0.4 is 5.84 Å². The van der Waals surface area contributed by atoms with Gasteiger partial charge >= 0.3 is 5.97 Å². The lowest BCUT2D eigenvalue weighted by Gasteiger charge is -2.17. The van der Waals surface area contributed by atoms with E-state index in [4.69, 9.17) is 10.6 Å². The Bertz CT molecular complexity index is 233. The maximum atomic E-state index is 11.1. The summed E-state index contributed by atoms with van der Waals surface area (Å²) in [6.07, 6.45) is 5.12. The van der Waals surface area contributed by atoms with E-state index in [1.165, 1.54) is 5.01 Å². The first-order valence-electron chi connectivity index (χ1n) is 3.80. The maximum absolute atomic E-state index is 11.1. The van der Waals surface area contributed by atoms with Crippen LogP contribution in [0.1, 0.15) is 6.92 Å². The summed E-state index contributed by atoms with van der Waals surface area (Å²) < 4.78 is 4.81. The Labute approximate surface area is 71.3 Å². The normalized spacial score (nSPS) is 15.8. The lowest BCUT2D eigenvalue weighted by molar-refractivity contribution is -0.138. The zero-order valence-corrected chi connectivity index (χ0v) is 6.99. The molecule has 1 aliphatic heterocycles. The first-order chi connectivity index (χ1) is 5.74. The number of nitrogens with two attached hydrogens (primary N) is 1. The molecule has 1 aliphatic rings. The zero-order valence-electron chi connectivity index (χ0n) is 6.99. The van der Waals surface area contributed by atoms with Crippen LogP contribution >= 0.6 is 0 Å². The molecule has 0 aromatic carbocycles. The Balaban J connectivity index is 2.57. The van der Waals surface area contributed by atoms with Gasteiger partial charge in [-0.1, -0.05) is 0 Å². The molecular formula is C8H12N2O2. The number of esters is 1. The van der Waals surface area contributed by atoms with E-state index in [1.807, 2.05) is 0 Å². The summed E-state index contributed by atoms with van der Waals surface area (Å²) in [7, 11) is 0. The van der Waals surface area contributed by atoms with Gasteiger partial charge in [0.25, 0.3) is 0 Å². The molecule has 0 unspecified atom stereocenters. The number of hydrazine groups is 1. The number of rotatable bonds is 2. The molecule has 0 aliphatic carbocycles. The van der Waals surface area contributed by atoms with E-state index in [1.54, 1.807) is 25.3 Å². The largest absolute Gasteiger partial charge is 0.463 e. The molecule has 0 aromatic rings. The molecule has 0 radical (unpaired) electrons. The number of carbonyl (C=O) groups is 1. The van der Waals surface area contributed by atoms with Gasteiger partial charge in [0.2, 0.25) is 0 Å². The Morgan fingerprint density at radius 2 is 2.58 bits per heavy atom. The molecule has 0 bridgehead atoms. The monoisotopic (exact) mass is 168 g/mol. The summed E-state index contributed by atoms with van der Waals surface area (Å²) in [6.45, 7) is 2.58. The minimum atomic E-state index is -0.294. The third kappa shape index (κ3) is 2.10. The topological polar surface area (TPSA) is 55.6 Å². The predicted octanol–water partition coefficient (Wildman–Crippen LogP) is 0.179. The molecule has 4 heteroatoms. The van der Waals surface area contributed by atoms with Gasteiger partial charge in [0.1, 0.15) is 0 Å². The van der Waals surface area contributed by atoms with E-state index in [-0.39, 0.29) is 5.97 Å². The number of hydrogen-bond acceptors (Lipinski definition) is 4. The maximum Gasteiger partial charge on any atom is 0.335 e. The van der Waals surface area contributed by atoms with Gasteiger partial charge in [-0.15, -0.1) is 0 Å². The minimum Gasteiger partial charge on any atom is -0.463 e. The highest BCUT2D eigenvalue weighted by molar-refractivity contribution is 5.89. The summed E-state index contributed by atoms with van der Waals surface area (Å²) in [4.78, 5) is 11.1. The van der Waals surface area contributed by atoms with Crippen molar-refractivity contribution in [2.45, 2.75) is 6.92 Å². The van der Waals surface area contributed by atoms with Crippen molar-refractivity contribution in [3.05, 3.63) is 23.9 Å². The van der Waals surface area contributed by atoms with Crippen molar-refractivity contribution >= 4 is 5.97 Å². The van der Waals surface area contributed by atoms with Gasteiger partial charge in [0.15, 0.2) is 0 Å². The molecule has 0 saturated heterocycles. The fraction of sp³-hybridized carbons (Fsp3) is 0.375. The second-order valence-electron chi connectivity index (χ2n) is 2.43. The third-order valence-corrected chi connectivity index (χ3v) is 1.47. The minimum absolute atomic E-state index is 0.294. The van der Waals surface area contributed by atoms with Crippen LogP contribution in [-0.2, 0) is 9.53 Å². The molecule has 4 nitrogen and oxygen atoms in total. The van der Waals surface area contributed by atoms with Crippen LogP contribution in [0.15, 0.2) is 23.9 Å². The van der Waals surface area contributed by atoms with E-state index in [2.05, 4.69) is 0 Å². The van der Waals surface area contributed by atoms with Gasteiger partial charge in [-0.2, -0.15) is 0 Å². The van der Waals surface area contributed by atoms with E-state index < -0.39 is 0 Å². The SMILES string of the molecule is CCOC(=O)C1=CC=CN(N)C1. The first kappa shape index (κ1) is 8.80. The standard InChI is InChI=1S/C8H12N2O2/c1-2-12-8(11)7-4-3-5-10(9)6-7/h3-5H,2,6,9H2,1H3. The number of nitrogens with zero attached hydrogens (tertiary/aromatic N) is 1. The molecular weight excluding hydrogens is 156 g/mol. The van der Waals surface area contributed by atoms with Crippen molar-refractivity contribution in [1.29, 1.82) is 0 Å². The molecule has 1 rings (SSSR count). The number of hydrogen-bond donors (Lipinski definition) is 1. The molecule has 0 amide bonds. The van der Waals surface area contributed by atoms with Crippen molar-refractivity contribution in [3.8, 4) is 0 Å². The van der Waals surface area contributed by atoms with Crippen LogP contribution in [0.4, 0.5) is 0 Å². The molecule has 0 spiro atoms. The summed E-state index contributed by atoms with van der Waals surface area (Å²) in [5.74, 6) is 5.16. The average molecular weight is 168 g/mol. The highest BCUT2D eigenvalue weighted by Gasteiger charge is 2.13. The van der Waals surface area contributed by atoms with Gasteiger partial charge in [0.05, 0.1) is 18.7 Å². The Morgan fingerprint density at radius 1 is 1.83 bits per heavy atom. The Morgan fingerprint density at radius 3 is 3.17 bits per heavy atom. The van der Waals surface area contributed by atoms with Crippen LogP contribution in [-0.4, -0.2) is 24.1 Å². The number of allylic oxidation sites excluding steroid dienone is 2. The third-order valence-electron chi connectivity index (χ3n) is 1.47. The van der Waals surface area contributed by atoms with Crippen molar-refractivity contribution in [3.63, 3.8) is 0 Å². The summed E-state index contributed by atoms with van der Waals surface area (Å²) in [5.41, 5.74) is 0.585. The van der Waals surface area contributed by atoms with Crippen LogP contribution in [0.2, 0.25) is 0 Å². The number of carbonyl (C=O) groups excluding carboxylic acids is 1. The molecule has 1 heterocycles. The second kappa shape index (κ2) is 3.92. The van der Waals surface area contributed by atoms with Crippen LogP contribution in [0.5, 0.6) is 0 Å². The fourth-order valence-electron chi connectivity index (χ4n) is 0.928. The lowest BCUT2D eigenvalue weighted by atomic mass is 10.2. The van der Waals surface area contributed by atoms with Gasteiger partial charge in [-0.05, 0) is 19.1 Å². The molecule has 12 heavy (non-hydrogen) atoms. The predicted molar refractivity (Wildman–Crippen MR) is 44.7 cm³/mol. The lowest BCUT2D eigenvalue weighted by Crippen LogP contribution is -2.31.